The normalized spacial score (nSPS) is 15.6. The number of hydrogen-bond acceptors (Lipinski definition) is 10. The minimum Gasteiger partial charge on any atom is -0.491 e. The highest BCUT2D eigenvalue weighted by Gasteiger charge is 2.34. The zero-order valence-electron chi connectivity index (χ0n) is 24.6. The maximum absolute atomic E-state index is 12.3. The van der Waals surface area contributed by atoms with E-state index in [4.69, 9.17) is 20.4 Å². The number of pyridine rings is 2. The van der Waals surface area contributed by atoms with E-state index in [2.05, 4.69) is 22.0 Å². The minimum atomic E-state index is -0.613. The van der Waals surface area contributed by atoms with Gasteiger partial charge in [-0.3, -0.25) is 19.1 Å². The number of nitrogens with two attached hydrogens (primary N) is 1. The van der Waals surface area contributed by atoms with Crippen LogP contribution in [0, 0.1) is 0 Å². The molecule has 3 aromatic carbocycles. The van der Waals surface area contributed by atoms with Gasteiger partial charge in [0.15, 0.2) is 17.2 Å². The van der Waals surface area contributed by atoms with Crippen molar-refractivity contribution in [1.82, 2.24) is 24.4 Å². The Morgan fingerprint density at radius 3 is 2.47 bits per heavy atom. The van der Waals surface area contributed by atoms with Gasteiger partial charge < -0.3 is 20.5 Å². The monoisotopic (exact) mass is 601 g/mol. The van der Waals surface area contributed by atoms with Gasteiger partial charge in [0.2, 0.25) is 0 Å². The summed E-state index contributed by atoms with van der Waals surface area (Å²) in [5.41, 5.74) is 11.4. The Balaban J connectivity index is 1.19. The lowest BCUT2D eigenvalue weighted by molar-refractivity contribution is 0.164. The number of fused-ring (bicyclic) bond motifs is 1. The number of imidazole rings is 1. The van der Waals surface area contributed by atoms with Crippen LogP contribution in [0.15, 0.2) is 94.6 Å². The van der Waals surface area contributed by atoms with Crippen molar-refractivity contribution >= 4 is 22.7 Å². The lowest BCUT2D eigenvalue weighted by Gasteiger charge is -2.42. The Labute approximate surface area is 258 Å². The maximum atomic E-state index is 12.3. The van der Waals surface area contributed by atoms with Crippen LogP contribution >= 0.6 is 0 Å². The fraction of sp³-hybridized carbons (Fsp3) is 0.206. The molecule has 3 aromatic heterocycles. The summed E-state index contributed by atoms with van der Waals surface area (Å²) in [5.74, 6) is 1.11. The first kappa shape index (κ1) is 28.4. The van der Waals surface area contributed by atoms with Gasteiger partial charge in [0.05, 0.1) is 31.0 Å². The molecule has 1 saturated heterocycles. The van der Waals surface area contributed by atoms with Crippen LogP contribution in [-0.2, 0) is 6.54 Å². The largest absolute Gasteiger partial charge is 0.491 e. The molecule has 0 aliphatic carbocycles. The van der Waals surface area contributed by atoms with Crippen LogP contribution in [-0.4, -0.2) is 68.9 Å². The molecule has 0 radical (unpaired) electrons. The number of aliphatic hydroxyl groups is 1. The van der Waals surface area contributed by atoms with Crippen molar-refractivity contribution in [3.8, 4) is 34.1 Å². The maximum Gasteiger partial charge on any atom is 0.272 e. The third-order valence-corrected chi connectivity index (χ3v) is 8.37. The molecule has 0 amide bonds. The Hall–Kier alpha value is -5.39. The molecule has 7 rings (SSSR count). The Kier molecular flexibility index (Phi) is 7.32. The van der Waals surface area contributed by atoms with Crippen molar-refractivity contribution in [3.63, 3.8) is 0 Å². The van der Waals surface area contributed by atoms with Crippen LogP contribution < -0.4 is 26.2 Å². The summed E-state index contributed by atoms with van der Waals surface area (Å²) in [6, 6.07) is 25.6. The molecular formula is C34H31N7O4. The van der Waals surface area contributed by atoms with Crippen LogP contribution in [0.2, 0.25) is 0 Å². The van der Waals surface area contributed by atoms with E-state index in [-0.39, 0.29) is 24.1 Å². The number of rotatable bonds is 8. The molecule has 11 nitrogen and oxygen atoms in total. The number of anilines is 2. The van der Waals surface area contributed by atoms with E-state index < -0.39 is 10.9 Å². The van der Waals surface area contributed by atoms with E-state index in [1.165, 1.54) is 7.11 Å². The quantitative estimate of drug-likeness (QED) is 0.250. The van der Waals surface area contributed by atoms with Crippen molar-refractivity contribution in [3.05, 3.63) is 111 Å². The van der Waals surface area contributed by atoms with Crippen LogP contribution in [0.25, 0.3) is 39.5 Å². The molecule has 226 valence electrons. The van der Waals surface area contributed by atoms with Crippen molar-refractivity contribution in [2.45, 2.75) is 12.6 Å². The molecule has 6 aromatic rings. The number of aromatic nitrogens is 4. The SMILES string of the molecule is COc1c(N2CCN(Cc3ccc(-n4c(-c5cccnc5N)nc5ccc(-c6ccccc6)nc54)cc3)C[C@@H]2CO)c(=O)c1=O. The van der Waals surface area contributed by atoms with E-state index in [1.807, 2.05) is 71.3 Å². The van der Waals surface area contributed by atoms with Crippen LogP contribution in [0.1, 0.15) is 5.56 Å². The predicted molar refractivity (Wildman–Crippen MR) is 173 cm³/mol. The summed E-state index contributed by atoms with van der Waals surface area (Å²) in [7, 11) is 1.38. The number of hydrogen-bond donors (Lipinski definition) is 2. The van der Waals surface area contributed by atoms with E-state index in [1.54, 1.807) is 11.1 Å². The zero-order valence-corrected chi connectivity index (χ0v) is 24.6. The molecule has 0 spiro atoms. The predicted octanol–water partition coefficient (Wildman–Crippen LogP) is 3.02. The first-order valence-corrected chi connectivity index (χ1v) is 14.7. The number of piperazine rings is 1. The summed E-state index contributed by atoms with van der Waals surface area (Å²) in [4.78, 5) is 42.4. The van der Waals surface area contributed by atoms with Crippen LogP contribution in [0.3, 0.4) is 0 Å². The molecule has 0 unspecified atom stereocenters. The van der Waals surface area contributed by atoms with Gasteiger partial charge in [-0.25, -0.2) is 15.0 Å². The highest BCUT2D eigenvalue weighted by molar-refractivity contribution is 5.84. The van der Waals surface area contributed by atoms with E-state index in [0.717, 1.165) is 28.0 Å². The molecule has 0 saturated carbocycles. The van der Waals surface area contributed by atoms with E-state index in [9.17, 15) is 14.7 Å². The second-order valence-electron chi connectivity index (χ2n) is 11.1. The van der Waals surface area contributed by atoms with Crippen LogP contribution in [0.5, 0.6) is 5.75 Å². The van der Waals surface area contributed by atoms with Gasteiger partial charge in [-0.15, -0.1) is 0 Å². The third-order valence-electron chi connectivity index (χ3n) is 8.37. The molecule has 4 heterocycles. The molecule has 1 aliphatic rings. The third kappa shape index (κ3) is 5.01. The fourth-order valence-electron chi connectivity index (χ4n) is 6.09. The lowest BCUT2D eigenvalue weighted by Crippen LogP contribution is -2.57. The Morgan fingerprint density at radius 1 is 0.933 bits per heavy atom. The number of ether oxygens (including phenoxy) is 1. The van der Waals surface area contributed by atoms with Crippen LogP contribution in [0.4, 0.5) is 11.5 Å². The summed E-state index contributed by atoms with van der Waals surface area (Å²) in [6.45, 7) is 2.18. The average Bonchev–Trinajstić information content (AvgIpc) is 3.46. The number of nitrogen functional groups attached to an aromatic ring is 1. The first-order valence-electron chi connectivity index (χ1n) is 14.7. The first-order chi connectivity index (χ1) is 22.0. The van der Waals surface area contributed by atoms with Crippen molar-refractivity contribution < 1.29 is 9.84 Å². The second-order valence-corrected chi connectivity index (χ2v) is 11.1. The van der Waals surface area contributed by atoms with E-state index in [0.29, 0.717) is 49.0 Å². The zero-order chi connectivity index (χ0) is 31.1. The van der Waals surface area contributed by atoms with E-state index >= 15 is 0 Å². The molecule has 1 atom stereocenters. The molecule has 1 fully saturated rings. The molecule has 0 bridgehead atoms. The molecule has 1 aliphatic heterocycles. The topological polar surface area (TPSA) is 140 Å². The summed E-state index contributed by atoms with van der Waals surface area (Å²) < 4.78 is 7.15. The minimum absolute atomic E-state index is 0.0762. The van der Waals surface area contributed by atoms with Gasteiger partial charge >= 0.3 is 0 Å². The second kappa shape index (κ2) is 11.6. The number of nitrogens with zero attached hydrogens (tertiary/aromatic N) is 6. The van der Waals surface area contributed by atoms with Crippen molar-refractivity contribution in [2.24, 2.45) is 0 Å². The Morgan fingerprint density at radius 2 is 1.73 bits per heavy atom. The van der Waals surface area contributed by atoms with Gasteiger partial charge in [-0.1, -0.05) is 42.5 Å². The lowest BCUT2D eigenvalue weighted by atomic mass is 10.1. The van der Waals surface area contributed by atoms with Gasteiger partial charge in [0.25, 0.3) is 10.9 Å². The number of benzene rings is 2. The molecule has 3 N–H and O–H groups in total. The molecule has 45 heavy (non-hydrogen) atoms. The molecule has 11 heteroatoms. The van der Waals surface area contributed by atoms with Gasteiger partial charge in [0.1, 0.15) is 17.0 Å². The highest BCUT2D eigenvalue weighted by atomic mass is 16.5. The van der Waals surface area contributed by atoms with Gasteiger partial charge in [-0.05, 0) is 42.0 Å². The summed E-state index contributed by atoms with van der Waals surface area (Å²) >= 11 is 0. The number of methoxy groups -OCH3 is 1. The summed E-state index contributed by atoms with van der Waals surface area (Å²) in [6.07, 6.45) is 1.66. The highest BCUT2D eigenvalue weighted by Crippen LogP contribution is 2.32. The number of aliphatic hydroxyl groups excluding tert-OH is 1. The standard InChI is InChI=1S/C34H31N7O4/c1-45-31-28(29(43)30(31)44)40-17-16-39(19-24(40)20-42)18-21-9-11-23(12-10-21)41-33(25-8-5-15-36-32(25)35)38-27-14-13-26(37-34(27)41)22-6-3-2-4-7-22/h2-15,24,42H,16-20H2,1H3,(H2,35,36)/t24-/m1/s1. The Bertz CT molecular complexity index is 2070. The molecular weight excluding hydrogens is 570 g/mol. The van der Waals surface area contributed by atoms with Crippen molar-refractivity contribution in [2.75, 3.05) is 44.0 Å². The average molecular weight is 602 g/mol. The van der Waals surface area contributed by atoms with Crippen molar-refractivity contribution in [1.29, 1.82) is 0 Å². The fourth-order valence-corrected chi connectivity index (χ4v) is 6.09. The van der Waals surface area contributed by atoms with Gasteiger partial charge in [-0.2, -0.15) is 0 Å². The summed E-state index contributed by atoms with van der Waals surface area (Å²) in [5, 5.41) is 10.1. The smallest absolute Gasteiger partial charge is 0.272 e. The van der Waals surface area contributed by atoms with Gasteiger partial charge in [0, 0.05) is 43.6 Å².